The molecule has 2 rings (SSSR count). The van der Waals surface area contributed by atoms with Crippen LogP contribution in [0, 0.1) is 4.77 Å². The molecule has 18 heavy (non-hydrogen) atoms. The van der Waals surface area contributed by atoms with E-state index in [0.29, 0.717) is 0 Å². The van der Waals surface area contributed by atoms with Crippen molar-refractivity contribution in [3.8, 4) is 0 Å². The lowest BCUT2D eigenvalue weighted by atomic mass is 10.4. The minimum atomic E-state index is -3.85. The molecule has 1 aromatic heterocycles. The van der Waals surface area contributed by atoms with Gasteiger partial charge in [-0.15, -0.1) is 0 Å². The Bertz CT molecular complexity index is 791. The van der Waals surface area contributed by atoms with Gasteiger partial charge in [-0.2, -0.15) is 0 Å². The van der Waals surface area contributed by atoms with Crippen LogP contribution in [0.1, 0.15) is 0 Å². The normalized spacial score (nSPS) is 11.4. The molecule has 1 heterocycles. The highest BCUT2D eigenvalue weighted by atomic mass is 79.9. The van der Waals surface area contributed by atoms with Crippen molar-refractivity contribution in [1.82, 2.24) is 9.97 Å². The number of aromatic nitrogens is 2. The van der Waals surface area contributed by atoms with Crippen molar-refractivity contribution in [1.29, 1.82) is 0 Å². The highest BCUT2D eigenvalue weighted by molar-refractivity contribution is 9.10. The van der Waals surface area contributed by atoms with Gasteiger partial charge >= 0.3 is 0 Å². The number of hydrogen-bond acceptors (Lipinski definition) is 4. The molecule has 0 saturated carbocycles. The minimum absolute atomic E-state index is 0.0433. The minimum Gasteiger partial charge on any atom is -0.337 e. The number of nitrogens with one attached hydrogen (secondary N) is 2. The third-order valence-electron chi connectivity index (χ3n) is 2.20. The Balaban J connectivity index is 2.65. The molecule has 8 heteroatoms. The largest absolute Gasteiger partial charge is 0.337 e. The van der Waals surface area contributed by atoms with Crippen LogP contribution in [-0.4, -0.2) is 18.4 Å². The molecule has 5 nitrogen and oxygen atoms in total. The number of aromatic amines is 2. The Morgan fingerprint density at radius 1 is 1.17 bits per heavy atom. The van der Waals surface area contributed by atoms with Crippen molar-refractivity contribution in [3.63, 3.8) is 0 Å². The van der Waals surface area contributed by atoms with Crippen LogP contribution < -0.4 is 5.56 Å². The van der Waals surface area contributed by atoms with Gasteiger partial charge in [0.1, 0.15) is 0 Å². The van der Waals surface area contributed by atoms with E-state index in [1.807, 2.05) is 0 Å². The van der Waals surface area contributed by atoms with Crippen LogP contribution in [0.3, 0.4) is 0 Å². The van der Waals surface area contributed by atoms with Crippen LogP contribution in [0.4, 0.5) is 0 Å². The Morgan fingerprint density at radius 3 is 2.33 bits per heavy atom. The van der Waals surface area contributed by atoms with Gasteiger partial charge in [0.25, 0.3) is 5.56 Å². The quantitative estimate of drug-likeness (QED) is 0.815. The van der Waals surface area contributed by atoms with Crippen LogP contribution in [0.5, 0.6) is 0 Å². The van der Waals surface area contributed by atoms with Crippen molar-refractivity contribution >= 4 is 38.0 Å². The molecule has 0 radical (unpaired) electrons. The molecule has 0 unspecified atom stereocenters. The molecule has 0 fully saturated rings. The van der Waals surface area contributed by atoms with Crippen molar-refractivity contribution in [2.75, 3.05) is 0 Å². The number of benzene rings is 1. The maximum Gasteiger partial charge on any atom is 0.270 e. The van der Waals surface area contributed by atoms with Gasteiger partial charge in [-0.25, -0.2) is 8.42 Å². The summed E-state index contributed by atoms with van der Waals surface area (Å²) in [5.74, 6) is 0. The predicted octanol–water partition coefficient (Wildman–Crippen LogP) is 2.03. The summed E-state index contributed by atoms with van der Waals surface area (Å²) in [5, 5.41) is 0. The summed E-state index contributed by atoms with van der Waals surface area (Å²) in [4.78, 5) is 16.0. The van der Waals surface area contributed by atoms with Gasteiger partial charge in [0.05, 0.1) is 4.90 Å². The first-order valence-corrected chi connectivity index (χ1v) is 7.42. The number of hydrogen-bond donors (Lipinski definition) is 2. The monoisotopic (exact) mass is 346 g/mol. The van der Waals surface area contributed by atoms with Crippen LogP contribution in [0.2, 0.25) is 0 Å². The number of halogens is 1. The fourth-order valence-corrected chi connectivity index (χ4v) is 3.01. The van der Waals surface area contributed by atoms with E-state index in [2.05, 4.69) is 25.9 Å². The molecule has 0 saturated heterocycles. The molecule has 0 aliphatic rings. The molecule has 0 aliphatic heterocycles. The van der Waals surface area contributed by atoms with Gasteiger partial charge in [-0.3, -0.25) is 9.78 Å². The zero-order chi connectivity index (χ0) is 13.3. The molecule has 0 atom stereocenters. The van der Waals surface area contributed by atoms with E-state index in [4.69, 9.17) is 12.2 Å². The standard InChI is InChI=1S/C10H7BrN2O3S2/c11-6-1-3-7(4-2-6)18(15,16)8-5-12-10(17)13-9(8)14/h1-5H,(H2,12,13,14,17). The van der Waals surface area contributed by atoms with E-state index in [-0.39, 0.29) is 14.6 Å². The summed E-state index contributed by atoms with van der Waals surface area (Å²) in [5.41, 5.74) is -0.735. The summed E-state index contributed by atoms with van der Waals surface area (Å²) in [6, 6.07) is 6.01. The molecule has 0 bridgehead atoms. The van der Waals surface area contributed by atoms with Crippen molar-refractivity contribution in [2.45, 2.75) is 9.79 Å². The number of sulfone groups is 1. The van der Waals surface area contributed by atoms with Crippen LogP contribution >= 0.6 is 28.1 Å². The van der Waals surface area contributed by atoms with E-state index < -0.39 is 15.4 Å². The first kappa shape index (κ1) is 13.2. The Labute approximate surface area is 116 Å². The lowest BCUT2D eigenvalue weighted by molar-refractivity contribution is 0.594. The predicted molar refractivity (Wildman–Crippen MR) is 71.8 cm³/mol. The maximum absolute atomic E-state index is 12.2. The molecule has 0 aliphatic carbocycles. The third kappa shape index (κ3) is 2.45. The molecule has 1 aromatic carbocycles. The van der Waals surface area contributed by atoms with Crippen molar-refractivity contribution in [2.24, 2.45) is 0 Å². The first-order valence-electron chi connectivity index (χ1n) is 4.74. The van der Waals surface area contributed by atoms with E-state index in [1.165, 1.54) is 12.1 Å². The molecule has 0 amide bonds. The fraction of sp³-hybridized carbons (Fsp3) is 0. The summed E-state index contributed by atoms with van der Waals surface area (Å²) in [6.07, 6.45) is 1.10. The molecule has 2 aromatic rings. The Kier molecular flexibility index (Phi) is 3.51. The maximum atomic E-state index is 12.2. The zero-order valence-electron chi connectivity index (χ0n) is 8.81. The molecule has 2 N–H and O–H groups in total. The average molecular weight is 347 g/mol. The Morgan fingerprint density at radius 2 is 1.78 bits per heavy atom. The van der Waals surface area contributed by atoms with Gasteiger partial charge in [-0.1, -0.05) is 15.9 Å². The lowest BCUT2D eigenvalue weighted by Crippen LogP contribution is -2.18. The summed E-state index contributed by atoms with van der Waals surface area (Å²) in [7, 11) is -3.85. The molecule has 94 valence electrons. The third-order valence-corrected chi connectivity index (χ3v) is 4.72. The first-order chi connectivity index (χ1) is 8.41. The second-order valence-electron chi connectivity index (χ2n) is 3.39. The number of rotatable bonds is 2. The summed E-state index contributed by atoms with van der Waals surface area (Å²) < 4.78 is 25.2. The van der Waals surface area contributed by atoms with Crippen molar-refractivity contribution in [3.05, 3.63) is 50.1 Å². The summed E-state index contributed by atoms with van der Waals surface area (Å²) in [6.45, 7) is 0. The molecular formula is C10H7BrN2O3S2. The second kappa shape index (κ2) is 4.79. The van der Waals surface area contributed by atoms with Crippen LogP contribution in [0.15, 0.2) is 49.5 Å². The molecular weight excluding hydrogens is 340 g/mol. The van der Waals surface area contributed by atoms with Gasteiger partial charge in [0.2, 0.25) is 9.84 Å². The van der Waals surface area contributed by atoms with E-state index >= 15 is 0 Å². The summed E-state index contributed by atoms with van der Waals surface area (Å²) >= 11 is 7.91. The van der Waals surface area contributed by atoms with Crippen LogP contribution in [-0.2, 0) is 9.84 Å². The highest BCUT2D eigenvalue weighted by Crippen LogP contribution is 2.19. The smallest absolute Gasteiger partial charge is 0.270 e. The van der Waals surface area contributed by atoms with Gasteiger partial charge in [0.15, 0.2) is 9.67 Å². The molecule has 0 spiro atoms. The van der Waals surface area contributed by atoms with Crippen molar-refractivity contribution < 1.29 is 8.42 Å². The van der Waals surface area contributed by atoms with E-state index in [0.717, 1.165) is 10.7 Å². The average Bonchev–Trinajstić information content (AvgIpc) is 2.29. The topological polar surface area (TPSA) is 82.8 Å². The highest BCUT2D eigenvalue weighted by Gasteiger charge is 2.21. The van der Waals surface area contributed by atoms with Gasteiger partial charge in [-0.05, 0) is 36.5 Å². The number of H-pyrrole nitrogens is 2. The zero-order valence-corrected chi connectivity index (χ0v) is 12.0. The Hall–Kier alpha value is -1.25. The fourth-order valence-electron chi connectivity index (χ4n) is 1.34. The van der Waals surface area contributed by atoms with E-state index in [1.54, 1.807) is 12.1 Å². The van der Waals surface area contributed by atoms with Gasteiger partial charge < -0.3 is 4.98 Å². The SMILES string of the molecule is O=c1[nH]c(=S)[nH]cc1S(=O)(=O)c1ccc(Br)cc1. The second-order valence-corrected chi connectivity index (χ2v) is 6.64. The van der Waals surface area contributed by atoms with Gasteiger partial charge in [0, 0.05) is 10.7 Å². The van der Waals surface area contributed by atoms with Crippen LogP contribution in [0.25, 0.3) is 0 Å². The van der Waals surface area contributed by atoms with E-state index in [9.17, 15) is 13.2 Å². The lowest BCUT2D eigenvalue weighted by Gasteiger charge is -2.03.